The van der Waals surface area contributed by atoms with Gasteiger partial charge in [-0.05, 0) is 44.2 Å². The zero-order chi connectivity index (χ0) is 14.8. The Bertz CT molecular complexity index is 502. The van der Waals surface area contributed by atoms with E-state index in [-0.39, 0.29) is 5.91 Å². The standard InChI is InChI=1S/C15H21NO3S/c1-4-8-15(2,14(18)19-3)16-13(17)12-9-10-6-5-7-11(10)20-12/h9H,4-8H2,1-3H3,(H,16,17). The minimum atomic E-state index is -0.949. The monoisotopic (exact) mass is 295 g/mol. The molecule has 1 amide bonds. The Kier molecular flexibility index (Phi) is 4.48. The fourth-order valence-corrected chi connectivity index (χ4v) is 3.84. The number of hydrogen-bond donors (Lipinski definition) is 1. The molecule has 1 aromatic heterocycles. The number of rotatable bonds is 5. The summed E-state index contributed by atoms with van der Waals surface area (Å²) < 4.78 is 4.82. The van der Waals surface area contributed by atoms with Crippen LogP contribution in [0.2, 0.25) is 0 Å². The van der Waals surface area contributed by atoms with E-state index in [0.717, 1.165) is 19.3 Å². The van der Waals surface area contributed by atoms with Crippen LogP contribution in [-0.4, -0.2) is 24.5 Å². The maximum atomic E-state index is 12.4. The molecule has 110 valence electrons. The van der Waals surface area contributed by atoms with E-state index in [9.17, 15) is 9.59 Å². The van der Waals surface area contributed by atoms with E-state index in [1.165, 1.54) is 24.0 Å². The smallest absolute Gasteiger partial charge is 0.331 e. The minimum absolute atomic E-state index is 0.175. The maximum Gasteiger partial charge on any atom is 0.331 e. The average Bonchev–Trinajstić information content (AvgIpc) is 2.98. The van der Waals surface area contributed by atoms with E-state index in [4.69, 9.17) is 4.74 Å². The molecule has 0 aliphatic heterocycles. The molecule has 1 aliphatic carbocycles. The summed E-state index contributed by atoms with van der Waals surface area (Å²) in [7, 11) is 1.35. The van der Waals surface area contributed by atoms with Gasteiger partial charge in [0.15, 0.2) is 0 Å². The number of carbonyl (C=O) groups excluding carboxylic acids is 2. The summed E-state index contributed by atoms with van der Waals surface area (Å²) >= 11 is 1.54. The summed E-state index contributed by atoms with van der Waals surface area (Å²) in [6, 6.07) is 1.96. The van der Waals surface area contributed by atoms with Gasteiger partial charge >= 0.3 is 5.97 Å². The summed E-state index contributed by atoms with van der Waals surface area (Å²) in [4.78, 5) is 26.3. The van der Waals surface area contributed by atoms with E-state index < -0.39 is 11.5 Å². The molecular formula is C15H21NO3S. The Morgan fingerprint density at radius 3 is 2.80 bits per heavy atom. The molecule has 0 fully saturated rings. The van der Waals surface area contributed by atoms with E-state index >= 15 is 0 Å². The molecule has 1 atom stereocenters. The lowest BCUT2D eigenvalue weighted by molar-refractivity contribution is -0.147. The van der Waals surface area contributed by atoms with Crippen molar-refractivity contribution in [3.8, 4) is 0 Å². The van der Waals surface area contributed by atoms with E-state index in [0.29, 0.717) is 11.3 Å². The van der Waals surface area contributed by atoms with Crippen LogP contribution >= 0.6 is 11.3 Å². The number of aryl methyl sites for hydroxylation is 2. The van der Waals surface area contributed by atoms with Gasteiger partial charge in [-0.2, -0.15) is 0 Å². The van der Waals surface area contributed by atoms with Gasteiger partial charge in [0.2, 0.25) is 0 Å². The Balaban J connectivity index is 2.13. The number of fused-ring (bicyclic) bond motifs is 1. The highest BCUT2D eigenvalue weighted by Crippen LogP contribution is 2.31. The van der Waals surface area contributed by atoms with Gasteiger partial charge < -0.3 is 10.1 Å². The normalized spacial score (nSPS) is 16.4. The lowest BCUT2D eigenvalue weighted by atomic mass is 9.96. The van der Waals surface area contributed by atoms with Crippen LogP contribution in [0.15, 0.2) is 6.07 Å². The number of esters is 1. The summed E-state index contributed by atoms with van der Waals surface area (Å²) in [6.07, 6.45) is 4.67. The van der Waals surface area contributed by atoms with Crippen LogP contribution in [0.25, 0.3) is 0 Å². The zero-order valence-electron chi connectivity index (χ0n) is 12.2. The van der Waals surface area contributed by atoms with Crippen LogP contribution in [-0.2, 0) is 22.4 Å². The number of ether oxygens (including phenoxy) is 1. The summed E-state index contributed by atoms with van der Waals surface area (Å²) in [5, 5.41) is 2.85. The molecule has 4 nitrogen and oxygen atoms in total. The van der Waals surface area contributed by atoms with Crippen molar-refractivity contribution in [1.29, 1.82) is 0 Å². The fourth-order valence-electron chi connectivity index (χ4n) is 2.69. The van der Waals surface area contributed by atoms with Crippen LogP contribution in [0.4, 0.5) is 0 Å². The third-order valence-corrected chi connectivity index (χ3v) is 4.98. The molecule has 2 rings (SSSR count). The van der Waals surface area contributed by atoms with Gasteiger partial charge in [0.1, 0.15) is 5.54 Å². The Morgan fingerprint density at radius 1 is 1.45 bits per heavy atom. The molecule has 0 spiro atoms. The third-order valence-electron chi connectivity index (χ3n) is 3.75. The number of hydrogen-bond acceptors (Lipinski definition) is 4. The molecular weight excluding hydrogens is 274 g/mol. The van der Waals surface area contributed by atoms with Gasteiger partial charge in [-0.25, -0.2) is 4.79 Å². The Morgan fingerprint density at radius 2 is 2.20 bits per heavy atom. The van der Waals surface area contributed by atoms with Crippen LogP contribution in [0.3, 0.4) is 0 Å². The van der Waals surface area contributed by atoms with Crippen LogP contribution in [0.5, 0.6) is 0 Å². The SMILES string of the molecule is CCCC(C)(NC(=O)c1cc2c(s1)CCC2)C(=O)OC. The largest absolute Gasteiger partial charge is 0.467 e. The lowest BCUT2D eigenvalue weighted by Gasteiger charge is -2.27. The highest BCUT2D eigenvalue weighted by molar-refractivity contribution is 7.14. The number of nitrogens with one attached hydrogen (secondary N) is 1. The fraction of sp³-hybridized carbons (Fsp3) is 0.600. The van der Waals surface area contributed by atoms with Crippen LogP contribution < -0.4 is 5.32 Å². The van der Waals surface area contributed by atoms with Gasteiger partial charge in [-0.15, -0.1) is 11.3 Å². The highest BCUT2D eigenvalue weighted by atomic mass is 32.1. The first-order valence-corrected chi connectivity index (χ1v) is 7.84. The molecule has 1 aliphatic rings. The number of amides is 1. The molecule has 0 aromatic carbocycles. The summed E-state index contributed by atoms with van der Waals surface area (Å²) in [6.45, 7) is 3.70. The second-order valence-electron chi connectivity index (χ2n) is 5.44. The van der Waals surface area contributed by atoms with Crippen molar-refractivity contribution in [1.82, 2.24) is 5.32 Å². The van der Waals surface area contributed by atoms with Gasteiger partial charge in [-0.3, -0.25) is 4.79 Å². The van der Waals surface area contributed by atoms with Crippen molar-refractivity contribution in [2.45, 2.75) is 51.5 Å². The molecule has 0 radical (unpaired) electrons. The van der Waals surface area contributed by atoms with Crippen molar-refractivity contribution in [3.63, 3.8) is 0 Å². The molecule has 0 saturated carbocycles. The van der Waals surface area contributed by atoms with Crippen molar-refractivity contribution in [2.75, 3.05) is 7.11 Å². The molecule has 20 heavy (non-hydrogen) atoms. The third kappa shape index (κ3) is 2.87. The van der Waals surface area contributed by atoms with Gasteiger partial charge in [0.05, 0.1) is 12.0 Å². The van der Waals surface area contributed by atoms with E-state index in [1.54, 1.807) is 18.3 Å². The molecule has 1 unspecified atom stereocenters. The predicted octanol–water partition coefficient (Wildman–Crippen LogP) is 2.70. The summed E-state index contributed by atoms with van der Waals surface area (Å²) in [5.74, 6) is -0.567. The van der Waals surface area contributed by atoms with Crippen molar-refractivity contribution < 1.29 is 14.3 Å². The first kappa shape index (κ1) is 15.0. The zero-order valence-corrected chi connectivity index (χ0v) is 13.1. The van der Waals surface area contributed by atoms with Gasteiger partial charge in [0.25, 0.3) is 5.91 Å². The molecule has 1 heterocycles. The second-order valence-corrected chi connectivity index (χ2v) is 6.58. The molecule has 5 heteroatoms. The first-order chi connectivity index (χ1) is 9.50. The van der Waals surface area contributed by atoms with Crippen molar-refractivity contribution in [3.05, 3.63) is 21.4 Å². The first-order valence-electron chi connectivity index (χ1n) is 7.02. The number of carbonyl (C=O) groups is 2. The van der Waals surface area contributed by atoms with Crippen molar-refractivity contribution in [2.24, 2.45) is 0 Å². The quantitative estimate of drug-likeness (QED) is 0.850. The number of methoxy groups -OCH3 is 1. The molecule has 0 bridgehead atoms. The summed E-state index contributed by atoms with van der Waals surface area (Å²) in [5.41, 5.74) is 0.338. The minimum Gasteiger partial charge on any atom is -0.467 e. The number of thiophene rings is 1. The second kappa shape index (κ2) is 5.95. The van der Waals surface area contributed by atoms with E-state index in [1.807, 2.05) is 13.0 Å². The average molecular weight is 295 g/mol. The van der Waals surface area contributed by atoms with Crippen LogP contribution in [0.1, 0.15) is 53.2 Å². The highest BCUT2D eigenvalue weighted by Gasteiger charge is 2.36. The molecule has 1 N–H and O–H groups in total. The Labute approximate surface area is 123 Å². The predicted molar refractivity (Wildman–Crippen MR) is 79.1 cm³/mol. The van der Waals surface area contributed by atoms with Gasteiger partial charge in [-0.1, -0.05) is 13.3 Å². The van der Waals surface area contributed by atoms with Crippen molar-refractivity contribution >= 4 is 23.2 Å². The maximum absolute atomic E-state index is 12.4. The molecule has 0 saturated heterocycles. The van der Waals surface area contributed by atoms with Gasteiger partial charge in [0, 0.05) is 4.88 Å². The van der Waals surface area contributed by atoms with Crippen LogP contribution in [0, 0.1) is 0 Å². The lowest BCUT2D eigenvalue weighted by Crippen LogP contribution is -2.52. The Hall–Kier alpha value is -1.36. The molecule has 1 aromatic rings. The topological polar surface area (TPSA) is 55.4 Å². The van der Waals surface area contributed by atoms with E-state index in [2.05, 4.69) is 5.32 Å².